The van der Waals surface area contributed by atoms with Gasteiger partial charge in [-0.25, -0.2) is 4.79 Å². The third kappa shape index (κ3) is 1.95. The predicted octanol–water partition coefficient (Wildman–Crippen LogP) is 2.66. The van der Waals surface area contributed by atoms with Gasteiger partial charge in [0.1, 0.15) is 0 Å². The SMILES string of the molecule is O=C(O)c1cc2ccccc2cc1N1CCCC1=O. The van der Waals surface area contributed by atoms with Gasteiger partial charge in [0.25, 0.3) is 0 Å². The molecule has 2 aromatic carbocycles. The molecule has 4 nitrogen and oxygen atoms in total. The summed E-state index contributed by atoms with van der Waals surface area (Å²) in [6, 6.07) is 11.0. The van der Waals surface area contributed by atoms with Crippen LogP contribution in [0.5, 0.6) is 0 Å². The number of hydrogen-bond donors (Lipinski definition) is 1. The molecule has 1 saturated heterocycles. The highest BCUT2D eigenvalue weighted by molar-refractivity contribution is 6.06. The molecule has 0 unspecified atom stereocenters. The Morgan fingerprint density at radius 2 is 1.84 bits per heavy atom. The van der Waals surface area contributed by atoms with Crippen molar-refractivity contribution < 1.29 is 14.7 Å². The van der Waals surface area contributed by atoms with Crippen molar-refractivity contribution in [2.75, 3.05) is 11.4 Å². The van der Waals surface area contributed by atoms with Crippen LogP contribution in [0.25, 0.3) is 10.8 Å². The van der Waals surface area contributed by atoms with Crippen LogP contribution >= 0.6 is 0 Å². The third-order valence-electron chi connectivity index (χ3n) is 3.46. The molecule has 0 radical (unpaired) electrons. The number of anilines is 1. The molecule has 1 aliphatic heterocycles. The van der Waals surface area contributed by atoms with Gasteiger partial charge in [0.15, 0.2) is 0 Å². The Morgan fingerprint density at radius 3 is 2.42 bits per heavy atom. The van der Waals surface area contributed by atoms with Crippen molar-refractivity contribution in [1.82, 2.24) is 0 Å². The number of rotatable bonds is 2. The van der Waals surface area contributed by atoms with Gasteiger partial charge in [-0.2, -0.15) is 0 Å². The second-order valence-electron chi connectivity index (χ2n) is 4.67. The minimum absolute atomic E-state index is 0.00205. The van der Waals surface area contributed by atoms with Gasteiger partial charge in [0.2, 0.25) is 5.91 Å². The zero-order chi connectivity index (χ0) is 13.4. The fourth-order valence-electron chi connectivity index (χ4n) is 2.53. The lowest BCUT2D eigenvalue weighted by Gasteiger charge is -2.19. The quantitative estimate of drug-likeness (QED) is 0.897. The van der Waals surface area contributed by atoms with Gasteiger partial charge in [-0.15, -0.1) is 0 Å². The standard InChI is InChI=1S/C15H13NO3/c17-14-6-3-7-16(14)13-9-11-5-2-1-4-10(11)8-12(13)15(18)19/h1-2,4-5,8-9H,3,6-7H2,(H,18,19). The third-order valence-corrected chi connectivity index (χ3v) is 3.46. The highest BCUT2D eigenvalue weighted by Gasteiger charge is 2.26. The van der Waals surface area contributed by atoms with Crippen LogP contribution in [0.1, 0.15) is 23.2 Å². The summed E-state index contributed by atoms with van der Waals surface area (Å²) in [7, 11) is 0. The maximum absolute atomic E-state index is 11.8. The largest absolute Gasteiger partial charge is 0.478 e. The van der Waals surface area contributed by atoms with Crippen LogP contribution in [0.4, 0.5) is 5.69 Å². The average Bonchev–Trinajstić information content (AvgIpc) is 2.83. The second-order valence-corrected chi connectivity index (χ2v) is 4.67. The second kappa shape index (κ2) is 4.39. The average molecular weight is 255 g/mol. The van der Waals surface area contributed by atoms with Crippen LogP contribution in [0.2, 0.25) is 0 Å². The number of carboxylic acid groups (broad SMARTS) is 1. The molecule has 0 aliphatic carbocycles. The van der Waals surface area contributed by atoms with Crippen molar-refractivity contribution >= 4 is 28.3 Å². The lowest BCUT2D eigenvalue weighted by Crippen LogP contribution is -2.25. The molecular formula is C15H13NO3. The molecule has 2 aromatic rings. The van der Waals surface area contributed by atoms with E-state index in [9.17, 15) is 14.7 Å². The van der Waals surface area contributed by atoms with Crippen molar-refractivity contribution in [3.63, 3.8) is 0 Å². The summed E-state index contributed by atoms with van der Waals surface area (Å²) in [6.07, 6.45) is 1.27. The highest BCUT2D eigenvalue weighted by atomic mass is 16.4. The van der Waals surface area contributed by atoms with Crippen molar-refractivity contribution in [1.29, 1.82) is 0 Å². The number of benzene rings is 2. The van der Waals surface area contributed by atoms with E-state index in [2.05, 4.69) is 0 Å². The smallest absolute Gasteiger partial charge is 0.337 e. The molecule has 1 N–H and O–H groups in total. The zero-order valence-corrected chi connectivity index (χ0v) is 10.3. The van der Waals surface area contributed by atoms with Crippen LogP contribution in [0, 0.1) is 0 Å². The first-order chi connectivity index (χ1) is 9.16. The summed E-state index contributed by atoms with van der Waals surface area (Å²) in [4.78, 5) is 24.8. The van der Waals surface area contributed by atoms with Gasteiger partial charge in [0, 0.05) is 13.0 Å². The van der Waals surface area contributed by atoms with E-state index in [1.54, 1.807) is 17.0 Å². The molecule has 0 spiro atoms. The minimum Gasteiger partial charge on any atom is -0.478 e. The number of fused-ring (bicyclic) bond motifs is 1. The number of hydrogen-bond acceptors (Lipinski definition) is 2. The summed E-state index contributed by atoms with van der Waals surface area (Å²) in [5.74, 6) is -1.00. The van der Waals surface area contributed by atoms with E-state index in [-0.39, 0.29) is 11.5 Å². The molecule has 19 heavy (non-hydrogen) atoms. The Bertz CT molecular complexity index is 678. The van der Waals surface area contributed by atoms with Crippen LogP contribution in [0.3, 0.4) is 0 Å². The van der Waals surface area contributed by atoms with Gasteiger partial charge in [-0.3, -0.25) is 4.79 Å². The van der Waals surface area contributed by atoms with Crippen molar-refractivity contribution in [2.45, 2.75) is 12.8 Å². The number of carboxylic acids is 1. The first-order valence-corrected chi connectivity index (χ1v) is 6.23. The maximum Gasteiger partial charge on any atom is 0.337 e. The normalized spacial score (nSPS) is 15.2. The monoisotopic (exact) mass is 255 g/mol. The number of nitrogens with zero attached hydrogens (tertiary/aromatic N) is 1. The van der Waals surface area contributed by atoms with Crippen molar-refractivity contribution in [3.05, 3.63) is 42.0 Å². The summed E-state index contributed by atoms with van der Waals surface area (Å²) in [6.45, 7) is 0.595. The first-order valence-electron chi connectivity index (χ1n) is 6.23. The summed E-state index contributed by atoms with van der Waals surface area (Å²) in [5.41, 5.74) is 0.697. The molecule has 0 atom stereocenters. The lowest BCUT2D eigenvalue weighted by atomic mass is 10.0. The molecule has 0 bridgehead atoms. The molecule has 1 amide bonds. The van der Waals surface area contributed by atoms with E-state index < -0.39 is 5.97 Å². The molecule has 0 saturated carbocycles. The van der Waals surface area contributed by atoms with E-state index in [1.165, 1.54) is 0 Å². The van der Waals surface area contributed by atoms with Crippen LogP contribution < -0.4 is 4.90 Å². The number of aromatic carboxylic acids is 1. The summed E-state index contributed by atoms with van der Waals surface area (Å²) >= 11 is 0. The topological polar surface area (TPSA) is 57.6 Å². The molecule has 4 heteroatoms. The minimum atomic E-state index is -1.000. The molecule has 3 rings (SSSR count). The maximum atomic E-state index is 11.8. The Balaban J connectivity index is 2.23. The van der Waals surface area contributed by atoms with Gasteiger partial charge in [-0.1, -0.05) is 24.3 Å². The highest BCUT2D eigenvalue weighted by Crippen LogP contribution is 2.30. The van der Waals surface area contributed by atoms with E-state index in [1.807, 2.05) is 24.3 Å². The first kappa shape index (κ1) is 11.7. The lowest BCUT2D eigenvalue weighted by molar-refractivity contribution is -0.117. The molecule has 1 fully saturated rings. The van der Waals surface area contributed by atoms with E-state index >= 15 is 0 Å². The number of carbonyl (C=O) groups is 2. The molecular weight excluding hydrogens is 242 g/mol. The van der Waals surface area contributed by atoms with Crippen LogP contribution in [-0.2, 0) is 4.79 Å². The number of carbonyl (C=O) groups excluding carboxylic acids is 1. The van der Waals surface area contributed by atoms with E-state index in [0.29, 0.717) is 18.7 Å². The predicted molar refractivity (Wildman–Crippen MR) is 72.5 cm³/mol. The summed E-state index contributed by atoms with van der Waals surface area (Å²) in [5, 5.41) is 11.2. The van der Waals surface area contributed by atoms with Gasteiger partial charge in [0.05, 0.1) is 11.3 Å². The molecule has 1 heterocycles. The molecule has 96 valence electrons. The number of amides is 1. The van der Waals surface area contributed by atoms with Crippen LogP contribution in [0.15, 0.2) is 36.4 Å². The summed E-state index contributed by atoms with van der Waals surface area (Å²) < 4.78 is 0. The fourth-order valence-corrected chi connectivity index (χ4v) is 2.53. The Kier molecular flexibility index (Phi) is 2.71. The van der Waals surface area contributed by atoms with Crippen molar-refractivity contribution in [3.8, 4) is 0 Å². The van der Waals surface area contributed by atoms with Gasteiger partial charge < -0.3 is 10.0 Å². The zero-order valence-electron chi connectivity index (χ0n) is 10.3. The Hall–Kier alpha value is -2.36. The molecule has 1 aliphatic rings. The molecule has 0 aromatic heterocycles. The Labute approximate surface area is 110 Å². The Morgan fingerprint density at radius 1 is 1.16 bits per heavy atom. The van der Waals surface area contributed by atoms with Crippen LogP contribution in [-0.4, -0.2) is 23.5 Å². The van der Waals surface area contributed by atoms with Crippen molar-refractivity contribution in [2.24, 2.45) is 0 Å². The van der Waals surface area contributed by atoms with Gasteiger partial charge in [-0.05, 0) is 29.3 Å². The van der Waals surface area contributed by atoms with Gasteiger partial charge >= 0.3 is 5.97 Å². The van der Waals surface area contributed by atoms with E-state index in [0.717, 1.165) is 17.2 Å². The van der Waals surface area contributed by atoms with E-state index in [4.69, 9.17) is 0 Å². The fraction of sp³-hybridized carbons (Fsp3) is 0.200.